The summed E-state index contributed by atoms with van der Waals surface area (Å²) in [5, 5.41) is 31.9. The number of anilines is 9. The summed E-state index contributed by atoms with van der Waals surface area (Å²) in [4.78, 5) is 77.1. The van der Waals surface area contributed by atoms with E-state index in [2.05, 4.69) is 149 Å². The van der Waals surface area contributed by atoms with Gasteiger partial charge in [-0.25, -0.2) is 44.3 Å². The monoisotopic (exact) mass is 1810 g/mol. The molecule has 5 N–H and O–H groups in total. The van der Waals surface area contributed by atoms with Crippen molar-refractivity contribution < 1.29 is 37.7 Å². The lowest BCUT2D eigenvalue weighted by Gasteiger charge is -2.36. The fourth-order valence-corrected chi connectivity index (χ4v) is 16.0. The van der Waals surface area contributed by atoms with Crippen LogP contribution in [0.3, 0.4) is 0 Å². The molecule has 0 aliphatic carbocycles. The van der Waals surface area contributed by atoms with E-state index in [1.807, 2.05) is 149 Å². The third-order valence-corrected chi connectivity index (χ3v) is 22.7. The van der Waals surface area contributed by atoms with Crippen molar-refractivity contribution in [3.63, 3.8) is 0 Å². The lowest BCUT2D eigenvalue weighted by atomic mass is 10.0. The molecule has 0 saturated carbocycles. The number of carbonyl (C=O) groups excluding carboxylic acids is 2. The second-order valence-electron chi connectivity index (χ2n) is 32.9. The molecule has 4 saturated heterocycles. The Morgan fingerprint density at radius 2 is 1.10 bits per heavy atom. The van der Waals surface area contributed by atoms with Crippen molar-refractivity contribution in [3.8, 4) is 106 Å². The normalized spacial score (nSPS) is 13.7. The van der Waals surface area contributed by atoms with Crippen LogP contribution in [-0.4, -0.2) is 205 Å². The van der Waals surface area contributed by atoms with E-state index in [-0.39, 0.29) is 30.0 Å². The first-order chi connectivity index (χ1) is 66.3. The highest BCUT2D eigenvalue weighted by Gasteiger charge is 2.27. The van der Waals surface area contributed by atoms with Gasteiger partial charge in [-0.3, -0.25) is 48.3 Å². The molecule has 8 aromatic carbocycles. The number of halogens is 1. The average Bonchev–Trinajstić information content (AvgIpc) is 1.77. The van der Waals surface area contributed by atoms with Gasteiger partial charge in [0.25, 0.3) is 0 Å². The molecule has 136 heavy (non-hydrogen) atoms. The standard InChI is InChI=1S/C29H31N7O3.C25H23FN6O.C25H20N6O2.C24H22N6O/c1-4-20-11-22-16-31-29(34-28(22)26(12-20)38-3)33-24-13-21(23-17-32-35(2)18-23)14-25(15-24)39-10-7-30-27(37)19-36-8-5-6-9-36;1-3-17-8-20-13-27-25(30-24(20)23(26)11-17)29-22-10-18(15-32-4-6-33-7-5-32)9-19(12-22)21-14-28-31(2)16-21;1-2-17-11-18-14-28-25(29-19-5-3-6-21(12-19)31-10-4-7-24(31)32)30-22(18)13-23(17)33-16-20-15-26-8-9-27-20;1-4-16-5-6-23-18(7-16)11-25-24(28-23)27-20-8-17(19-12-26-30(3)13-19)9-21(10-20)31-22-14-29(2)15-22/h1,11-18H,5-10,19H2,2-3H3,(H,30,37)(H,31,33,34);1,8-14,16H,4-7,15H2,2H3,(H,27,29,30);1,3,5-6,8-9,11-15H,4,7,10,16H2,(H,28,29,30);1,5-13,22H,14-15H2,2-3H3,(H,25,27,28). The van der Waals surface area contributed by atoms with Crippen LogP contribution in [0.2, 0.25) is 0 Å². The number of hydrogen-bond donors (Lipinski definition) is 5. The number of nitrogens with zero attached hydrogens (tertiary/aromatic N) is 20. The van der Waals surface area contributed by atoms with Crippen LogP contribution in [0.15, 0.2) is 214 Å². The molecular weight excluding hydrogens is 1720 g/mol. The van der Waals surface area contributed by atoms with E-state index in [1.54, 1.807) is 93.8 Å². The Bertz CT molecular complexity index is 7250. The Balaban J connectivity index is 0.000000126. The van der Waals surface area contributed by atoms with Crippen LogP contribution in [0.25, 0.3) is 77.0 Å². The number of likely N-dealkylation sites (N-methyl/N-ethyl adjacent to an activating group) is 1. The molecule has 0 radical (unpaired) electrons. The van der Waals surface area contributed by atoms with Crippen LogP contribution in [-0.2, 0) is 48.6 Å². The van der Waals surface area contributed by atoms with E-state index in [9.17, 15) is 14.0 Å². The number of ether oxygens (including phenoxy) is 5. The van der Waals surface area contributed by atoms with Gasteiger partial charge in [-0.15, -0.1) is 25.7 Å². The van der Waals surface area contributed by atoms with Crippen molar-refractivity contribution in [2.24, 2.45) is 21.1 Å². The zero-order valence-electron chi connectivity index (χ0n) is 75.5. The van der Waals surface area contributed by atoms with Crippen molar-refractivity contribution in [2.75, 3.05) is 119 Å². The van der Waals surface area contributed by atoms with Gasteiger partial charge in [0.1, 0.15) is 53.3 Å². The van der Waals surface area contributed by atoms with Crippen LogP contribution in [0, 0.1) is 55.2 Å². The summed E-state index contributed by atoms with van der Waals surface area (Å²) in [5.74, 6) is 14.3. The molecule has 8 aromatic heterocycles. The van der Waals surface area contributed by atoms with E-state index in [0.717, 1.165) is 185 Å². The third-order valence-electron chi connectivity index (χ3n) is 22.7. The molecular formula is C103H96FN25O7. The zero-order valence-corrected chi connectivity index (χ0v) is 75.5. The lowest BCUT2D eigenvalue weighted by Crippen LogP contribution is -2.51. The van der Waals surface area contributed by atoms with Crippen molar-refractivity contribution in [1.29, 1.82) is 0 Å². The maximum Gasteiger partial charge on any atom is 0.234 e. The summed E-state index contributed by atoms with van der Waals surface area (Å²) in [6, 6.07) is 41.7. The Hall–Kier alpha value is -16.8. The highest BCUT2D eigenvalue weighted by Crippen LogP contribution is 2.37. The summed E-state index contributed by atoms with van der Waals surface area (Å²) in [6.45, 7) is 10.1. The van der Waals surface area contributed by atoms with E-state index in [1.165, 1.54) is 6.07 Å². The first kappa shape index (κ1) is 91.1. The molecule has 0 bridgehead atoms. The number of nitrogens with one attached hydrogen (secondary N) is 5. The van der Waals surface area contributed by atoms with Crippen LogP contribution < -0.4 is 50.4 Å². The quantitative estimate of drug-likeness (QED) is 0.0248. The first-order valence-electron chi connectivity index (χ1n) is 44.1. The predicted molar refractivity (Wildman–Crippen MR) is 522 cm³/mol. The summed E-state index contributed by atoms with van der Waals surface area (Å²) in [6.07, 6.45) is 49.1. The summed E-state index contributed by atoms with van der Waals surface area (Å²) in [5.41, 5.74) is 16.8. The molecule has 33 heteroatoms. The van der Waals surface area contributed by atoms with Gasteiger partial charge in [0.05, 0.1) is 80.5 Å². The van der Waals surface area contributed by atoms with Crippen molar-refractivity contribution in [3.05, 3.63) is 253 Å². The number of amides is 2. The maximum absolute atomic E-state index is 14.5. The van der Waals surface area contributed by atoms with E-state index < -0.39 is 5.82 Å². The second kappa shape index (κ2) is 42.6. The summed E-state index contributed by atoms with van der Waals surface area (Å²) >= 11 is 0. The minimum absolute atomic E-state index is 0.0187. The van der Waals surface area contributed by atoms with Gasteiger partial charge < -0.3 is 55.2 Å². The van der Waals surface area contributed by atoms with Crippen molar-refractivity contribution in [2.45, 2.75) is 44.9 Å². The fraction of sp³-hybridized carbons (Fsp3) is 0.233. The minimum Gasteiger partial charge on any atom is -0.494 e. The molecule has 0 unspecified atom stereocenters. The van der Waals surface area contributed by atoms with Crippen molar-refractivity contribution in [1.82, 2.24) is 99.2 Å². The number of hydrogen-bond acceptors (Lipinski definition) is 27. The molecule has 0 spiro atoms. The number of carbonyl (C=O) groups is 2. The predicted octanol–water partition coefficient (Wildman–Crippen LogP) is 14.4. The van der Waals surface area contributed by atoms with E-state index in [0.29, 0.717) is 106 Å². The molecule has 682 valence electrons. The molecule has 4 fully saturated rings. The van der Waals surface area contributed by atoms with E-state index in [4.69, 9.17) is 49.4 Å². The minimum atomic E-state index is -0.469. The highest BCUT2D eigenvalue weighted by molar-refractivity contribution is 5.96. The fourth-order valence-electron chi connectivity index (χ4n) is 16.0. The van der Waals surface area contributed by atoms with E-state index >= 15 is 0 Å². The number of terminal acetylenes is 4. The lowest BCUT2D eigenvalue weighted by molar-refractivity contribution is -0.122. The number of aromatic nitrogens is 16. The maximum atomic E-state index is 14.5. The Labute approximate surface area is 784 Å². The summed E-state index contributed by atoms with van der Waals surface area (Å²) in [7, 11) is 9.34. The number of aryl methyl sites for hydroxylation is 3. The summed E-state index contributed by atoms with van der Waals surface area (Å²) < 4.78 is 48.9. The number of benzene rings is 8. The Morgan fingerprint density at radius 3 is 1.71 bits per heavy atom. The van der Waals surface area contributed by atoms with Gasteiger partial charge in [0.2, 0.25) is 35.6 Å². The molecule has 16 aromatic rings. The third kappa shape index (κ3) is 23.4. The molecule has 4 aliphatic rings. The number of morpholine rings is 1. The topological polar surface area (TPSA) is 336 Å². The Kier molecular flexibility index (Phi) is 28.5. The van der Waals surface area contributed by atoms with Gasteiger partial charge in [-0.05, 0) is 171 Å². The SMILES string of the molecule is C#Cc1cc(F)c2nc(Nc3cc(CN4CCOCC4)cc(-c4cnn(C)c4)c3)ncc2c1.C#Cc1cc(OC)c2nc(Nc3cc(OCCNC(=O)CN4CCCC4)cc(-c4cnn(C)c4)c3)ncc2c1.C#Cc1cc2cnc(Nc3cccc(N4CCCC4=O)c3)nc2cc1OCc1cnccn1.C#Cc1ccc2nc(Nc3cc(OC4CN(C)C4)cc(-c4cnn(C)c4)c3)ncc2c1. The van der Waals surface area contributed by atoms with Crippen LogP contribution in [0.5, 0.6) is 23.0 Å². The first-order valence-corrected chi connectivity index (χ1v) is 44.1. The highest BCUT2D eigenvalue weighted by atomic mass is 19.1. The van der Waals surface area contributed by atoms with Crippen LogP contribution in [0.1, 0.15) is 59.2 Å². The molecule has 2 amide bonds. The molecule has 0 atom stereocenters. The molecule has 4 aliphatic heterocycles. The molecule has 12 heterocycles. The van der Waals surface area contributed by atoms with Gasteiger partial charge in [0.15, 0.2) is 5.82 Å². The Morgan fingerprint density at radius 1 is 0.515 bits per heavy atom. The van der Waals surface area contributed by atoms with Gasteiger partial charge >= 0.3 is 0 Å². The van der Waals surface area contributed by atoms with Crippen LogP contribution in [0.4, 0.5) is 56.6 Å². The number of fused-ring (bicyclic) bond motifs is 4. The molecule has 32 nitrogen and oxygen atoms in total. The number of likely N-dealkylation sites (tertiary alicyclic amines) is 2. The van der Waals surface area contributed by atoms with Gasteiger partial charge in [0, 0.05) is 224 Å². The van der Waals surface area contributed by atoms with Gasteiger partial charge in [-0.1, -0.05) is 29.7 Å². The zero-order chi connectivity index (χ0) is 94.0. The van der Waals surface area contributed by atoms with Crippen LogP contribution >= 0.6 is 0 Å². The molecule has 20 rings (SSSR count). The second-order valence-corrected chi connectivity index (χ2v) is 32.9. The average molecular weight is 1820 g/mol. The van der Waals surface area contributed by atoms with Crippen molar-refractivity contribution >= 4 is 108 Å². The largest absolute Gasteiger partial charge is 0.494 e. The van der Waals surface area contributed by atoms with Gasteiger partial charge in [-0.2, -0.15) is 15.3 Å². The number of methoxy groups -OCH3 is 1. The number of rotatable bonds is 26. The smallest absolute Gasteiger partial charge is 0.234 e.